The second-order valence-electron chi connectivity index (χ2n) is 2.30. The highest BCUT2D eigenvalue weighted by Crippen LogP contribution is 2.16. The fourth-order valence-corrected chi connectivity index (χ4v) is 0.839. The number of nitrogens with one attached hydrogen (secondary N) is 1. The first-order chi connectivity index (χ1) is 6.09. The van der Waals surface area contributed by atoms with Crippen molar-refractivity contribution in [1.82, 2.24) is 0 Å². The van der Waals surface area contributed by atoms with E-state index in [1.54, 1.807) is 0 Å². The van der Waals surface area contributed by atoms with Gasteiger partial charge >= 0.3 is 6.03 Å². The summed E-state index contributed by atoms with van der Waals surface area (Å²) in [6.45, 7) is 0. The summed E-state index contributed by atoms with van der Waals surface area (Å²) in [5, 5.41) is 12.5. The fourth-order valence-electron chi connectivity index (χ4n) is 0.839. The van der Waals surface area contributed by atoms with E-state index in [1.165, 1.54) is 24.3 Å². The van der Waals surface area contributed by atoms with Crippen LogP contribution in [-0.2, 0) is 0 Å². The van der Waals surface area contributed by atoms with Crippen LogP contribution < -0.4 is 11.1 Å². The van der Waals surface area contributed by atoms with Gasteiger partial charge in [0.1, 0.15) is 0 Å². The lowest BCUT2D eigenvalue weighted by atomic mass is 10.3. The van der Waals surface area contributed by atoms with Gasteiger partial charge in [-0.15, -0.1) is 0 Å². The smallest absolute Gasteiger partial charge is 0.316 e. The van der Waals surface area contributed by atoms with Crippen molar-refractivity contribution in [2.75, 3.05) is 5.32 Å². The van der Waals surface area contributed by atoms with Crippen molar-refractivity contribution < 1.29 is 9.72 Å². The molecule has 0 bridgehead atoms. The lowest BCUT2D eigenvalue weighted by Crippen LogP contribution is -2.19. The van der Waals surface area contributed by atoms with Gasteiger partial charge in [-0.1, -0.05) is 6.07 Å². The van der Waals surface area contributed by atoms with Crippen molar-refractivity contribution in [3.8, 4) is 0 Å². The lowest BCUT2D eigenvalue weighted by molar-refractivity contribution is -0.384. The number of nitro benzene ring substituents is 1. The van der Waals surface area contributed by atoms with Gasteiger partial charge in [0.25, 0.3) is 5.69 Å². The minimum Gasteiger partial charge on any atom is -0.351 e. The SMILES string of the molecule is NC(=O)Nc1cccc([N+](=O)[O-])c1. The monoisotopic (exact) mass is 181 g/mol. The minimum atomic E-state index is -0.750. The fraction of sp³-hybridized carbons (Fsp3) is 0. The number of primary amides is 1. The summed E-state index contributed by atoms with van der Waals surface area (Å²) >= 11 is 0. The lowest BCUT2D eigenvalue weighted by Gasteiger charge is -1.99. The molecule has 0 spiro atoms. The number of nitrogens with two attached hydrogens (primary N) is 1. The molecule has 0 aliphatic rings. The third kappa shape index (κ3) is 2.44. The maximum Gasteiger partial charge on any atom is 0.316 e. The summed E-state index contributed by atoms with van der Waals surface area (Å²) in [7, 11) is 0. The summed E-state index contributed by atoms with van der Waals surface area (Å²) < 4.78 is 0. The third-order valence-corrected chi connectivity index (χ3v) is 1.32. The van der Waals surface area contributed by atoms with Crippen molar-refractivity contribution >= 4 is 17.4 Å². The first kappa shape index (κ1) is 8.98. The van der Waals surface area contributed by atoms with Gasteiger partial charge in [0.05, 0.1) is 4.92 Å². The number of amides is 2. The van der Waals surface area contributed by atoms with Gasteiger partial charge < -0.3 is 11.1 Å². The Balaban J connectivity index is 2.91. The number of rotatable bonds is 2. The molecule has 0 aliphatic carbocycles. The van der Waals surface area contributed by atoms with Gasteiger partial charge in [0, 0.05) is 17.8 Å². The number of anilines is 1. The molecule has 68 valence electrons. The first-order valence-electron chi connectivity index (χ1n) is 3.40. The number of nitrogens with zero attached hydrogens (tertiary/aromatic N) is 1. The second-order valence-corrected chi connectivity index (χ2v) is 2.30. The molecular formula is C7H7N3O3. The molecule has 0 unspecified atom stereocenters. The first-order valence-corrected chi connectivity index (χ1v) is 3.40. The number of carbonyl (C=O) groups is 1. The summed E-state index contributed by atoms with van der Waals surface area (Å²) in [4.78, 5) is 20.1. The number of non-ortho nitro benzene ring substituents is 1. The zero-order valence-electron chi connectivity index (χ0n) is 6.56. The Hall–Kier alpha value is -2.11. The van der Waals surface area contributed by atoms with Crippen LogP contribution in [0.4, 0.5) is 16.2 Å². The minimum absolute atomic E-state index is 0.0914. The quantitative estimate of drug-likeness (QED) is 0.527. The van der Waals surface area contributed by atoms with Crippen LogP contribution in [0.3, 0.4) is 0 Å². The molecule has 1 aromatic rings. The van der Waals surface area contributed by atoms with Crippen LogP contribution in [0.15, 0.2) is 24.3 Å². The molecule has 13 heavy (non-hydrogen) atoms. The highest BCUT2D eigenvalue weighted by molar-refractivity contribution is 5.88. The van der Waals surface area contributed by atoms with E-state index < -0.39 is 11.0 Å². The van der Waals surface area contributed by atoms with Gasteiger partial charge in [-0.25, -0.2) is 4.79 Å². The Morgan fingerprint density at radius 1 is 1.54 bits per heavy atom. The van der Waals surface area contributed by atoms with E-state index in [0.717, 1.165) is 0 Å². The molecule has 0 fully saturated rings. The maximum atomic E-state index is 10.4. The summed E-state index contributed by atoms with van der Waals surface area (Å²) in [6.07, 6.45) is 0. The zero-order chi connectivity index (χ0) is 9.84. The molecule has 0 aromatic heterocycles. The molecule has 1 aromatic carbocycles. The number of hydrogen-bond acceptors (Lipinski definition) is 3. The number of carbonyl (C=O) groups excluding carboxylic acids is 1. The second kappa shape index (κ2) is 3.53. The van der Waals surface area contributed by atoms with Gasteiger partial charge in [-0.2, -0.15) is 0 Å². The van der Waals surface area contributed by atoms with Crippen LogP contribution >= 0.6 is 0 Å². The Bertz CT molecular complexity index is 351. The Morgan fingerprint density at radius 2 is 2.23 bits per heavy atom. The predicted molar refractivity (Wildman–Crippen MR) is 46.3 cm³/mol. The molecular weight excluding hydrogens is 174 g/mol. The number of benzene rings is 1. The Kier molecular flexibility index (Phi) is 2.44. The van der Waals surface area contributed by atoms with E-state index in [2.05, 4.69) is 5.32 Å². The number of hydrogen-bond donors (Lipinski definition) is 2. The van der Waals surface area contributed by atoms with Crippen LogP contribution in [0.25, 0.3) is 0 Å². The van der Waals surface area contributed by atoms with Gasteiger partial charge in [0.2, 0.25) is 0 Å². The van der Waals surface area contributed by atoms with Crippen molar-refractivity contribution in [2.45, 2.75) is 0 Å². The average molecular weight is 181 g/mol. The van der Waals surface area contributed by atoms with E-state index in [4.69, 9.17) is 5.73 Å². The van der Waals surface area contributed by atoms with Crippen molar-refractivity contribution in [3.05, 3.63) is 34.4 Å². The van der Waals surface area contributed by atoms with Gasteiger partial charge in [-0.3, -0.25) is 10.1 Å². The summed E-state index contributed by atoms with van der Waals surface area (Å²) in [5.41, 5.74) is 5.05. The average Bonchev–Trinajstić information content (AvgIpc) is 2.03. The molecule has 0 saturated carbocycles. The van der Waals surface area contributed by atoms with Crippen molar-refractivity contribution in [3.63, 3.8) is 0 Å². The Morgan fingerprint density at radius 3 is 2.77 bits per heavy atom. The summed E-state index contributed by atoms with van der Waals surface area (Å²) in [6, 6.07) is 4.78. The van der Waals surface area contributed by atoms with Gasteiger partial charge in [-0.05, 0) is 6.07 Å². The Labute approximate surface area is 73.5 Å². The number of urea groups is 1. The van der Waals surface area contributed by atoms with Crippen LogP contribution in [-0.4, -0.2) is 11.0 Å². The van der Waals surface area contributed by atoms with E-state index in [9.17, 15) is 14.9 Å². The highest BCUT2D eigenvalue weighted by atomic mass is 16.6. The standard InChI is InChI=1S/C7H7N3O3/c8-7(11)9-5-2-1-3-6(4-5)10(12)13/h1-4H,(H3,8,9,11). The molecule has 6 heteroatoms. The molecule has 1 rings (SSSR count). The van der Waals surface area contributed by atoms with Crippen LogP contribution in [0.5, 0.6) is 0 Å². The van der Waals surface area contributed by atoms with Crippen LogP contribution in [0.2, 0.25) is 0 Å². The largest absolute Gasteiger partial charge is 0.351 e. The summed E-state index contributed by atoms with van der Waals surface area (Å²) in [5.74, 6) is 0. The molecule has 6 nitrogen and oxygen atoms in total. The van der Waals surface area contributed by atoms with Crippen LogP contribution in [0.1, 0.15) is 0 Å². The van der Waals surface area contributed by atoms with Crippen LogP contribution in [0, 0.1) is 10.1 Å². The maximum absolute atomic E-state index is 10.4. The van der Waals surface area contributed by atoms with E-state index >= 15 is 0 Å². The van der Waals surface area contributed by atoms with E-state index in [-0.39, 0.29) is 5.69 Å². The van der Waals surface area contributed by atoms with E-state index in [1.807, 2.05) is 0 Å². The molecule has 2 amide bonds. The van der Waals surface area contributed by atoms with Crippen molar-refractivity contribution in [2.24, 2.45) is 5.73 Å². The molecule has 0 heterocycles. The molecule has 0 radical (unpaired) electrons. The predicted octanol–water partition coefficient (Wildman–Crippen LogP) is 1.09. The van der Waals surface area contributed by atoms with E-state index in [0.29, 0.717) is 5.69 Å². The third-order valence-electron chi connectivity index (χ3n) is 1.32. The highest BCUT2D eigenvalue weighted by Gasteiger charge is 2.05. The topological polar surface area (TPSA) is 98.3 Å². The molecule has 0 atom stereocenters. The molecule has 0 saturated heterocycles. The number of nitro groups is 1. The van der Waals surface area contributed by atoms with Crippen molar-refractivity contribution in [1.29, 1.82) is 0 Å². The normalized spacial score (nSPS) is 9.23. The molecule has 0 aliphatic heterocycles. The zero-order valence-corrected chi connectivity index (χ0v) is 6.56. The molecule has 3 N–H and O–H groups in total. The van der Waals surface area contributed by atoms with Gasteiger partial charge in [0.15, 0.2) is 0 Å².